The van der Waals surface area contributed by atoms with Gasteiger partial charge in [-0.2, -0.15) is 0 Å². The Balaban J connectivity index is 1.40. The predicted molar refractivity (Wildman–Crippen MR) is 174 cm³/mol. The summed E-state index contributed by atoms with van der Waals surface area (Å²) in [6, 6.07) is 40.8. The van der Waals surface area contributed by atoms with Gasteiger partial charge in [0.05, 0.1) is 18.6 Å². The van der Waals surface area contributed by atoms with Crippen molar-refractivity contribution in [2.45, 2.75) is 44.2 Å². The van der Waals surface area contributed by atoms with E-state index in [0.717, 1.165) is 30.2 Å². The molecular weight excluding hydrogens is 540 g/mol. The summed E-state index contributed by atoms with van der Waals surface area (Å²) in [7, 11) is 0. The Kier molecular flexibility index (Phi) is 7.63. The van der Waals surface area contributed by atoms with Crippen LogP contribution >= 0.6 is 0 Å². The molecule has 2 aromatic heterocycles. The number of imidazole rings is 1. The second-order valence-electron chi connectivity index (χ2n) is 11.6. The molecule has 0 amide bonds. The number of aryl methyl sites for hydroxylation is 1. The lowest BCUT2D eigenvalue weighted by Gasteiger charge is -2.37. The van der Waals surface area contributed by atoms with Gasteiger partial charge in [-0.25, -0.2) is 15.0 Å². The maximum absolute atomic E-state index is 5.71. The monoisotopic (exact) mass is 576 g/mol. The number of nitrogens with zero attached hydrogens (tertiary/aromatic N) is 4. The first kappa shape index (κ1) is 27.9. The molecule has 0 radical (unpaired) electrons. The van der Waals surface area contributed by atoms with Crippen LogP contribution < -0.4 is 0 Å². The van der Waals surface area contributed by atoms with E-state index in [0.29, 0.717) is 6.42 Å². The number of ether oxygens (including phenoxy) is 1. The van der Waals surface area contributed by atoms with Crippen LogP contribution in [0.4, 0.5) is 0 Å². The lowest BCUT2D eigenvalue weighted by Crippen LogP contribution is -2.37. The Morgan fingerprint density at radius 3 is 1.95 bits per heavy atom. The fraction of sp³-hybridized carbons (Fsp3) is 0.205. The van der Waals surface area contributed by atoms with Gasteiger partial charge in [-0.15, -0.1) is 0 Å². The van der Waals surface area contributed by atoms with E-state index < -0.39 is 5.54 Å². The van der Waals surface area contributed by atoms with Gasteiger partial charge in [0, 0.05) is 36.8 Å². The molecule has 2 atom stereocenters. The average molecular weight is 577 g/mol. The molecule has 5 heteroatoms. The van der Waals surface area contributed by atoms with Gasteiger partial charge < -0.3 is 9.30 Å². The summed E-state index contributed by atoms with van der Waals surface area (Å²) in [6.07, 6.45) is 7.79. The van der Waals surface area contributed by atoms with Gasteiger partial charge in [0.25, 0.3) is 0 Å². The highest BCUT2D eigenvalue weighted by atomic mass is 16.5. The van der Waals surface area contributed by atoms with Crippen LogP contribution in [0.1, 0.15) is 69.0 Å². The first-order valence-corrected chi connectivity index (χ1v) is 15.3. The highest BCUT2D eigenvalue weighted by Crippen LogP contribution is 2.42. The van der Waals surface area contributed by atoms with E-state index >= 15 is 0 Å². The van der Waals surface area contributed by atoms with Crippen molar-refractivity contribution < 1.29 is 4.74 Å². The van der Waals surface area contributed by atoms with Gasteiger partial charge in [0.1, 0.15) is 11.6 Å². The predicted octanol–water partition coefficient (Wildman–Crippen LogP) is 7.97. The molecule has 6 aromatic rings. The van der Waals surface area contributed by atoms with E-state index in [2.05, 4.69) is 139 Å². The molecule has 5 nitrogen and oxygen atoms in total. The highest BCUT2D eigenvalue weighted by Gasteiger charge is 2.39. The molecule has 1 aliphatic rings. The van der Waals surface area contributed by atoms with Crippen molar-refractivity contribution in [1.82, 2.24) is 19.5 Å². The minimum Gasteiger partial charge on any atom is -0.370 e. The van der Waals surface area contributed by atoms with Crippen LogP contribution in [-0.4, -0.2) is 26.1 Å². The molecule has 0 aliphatic carbocycles. The fourth-order valence-electron chi connectivity index (χ4n) is 6.54. The molecule has 0 bridgehead atoms. The number of hydrogen-bond acceptors (Lipinski definition) is 4. The highest BCUT2D eigenvalue weighted by molar-refractivity contribution is 5.51. The summed E-state index contributed by atoms with van der Waals surface area (Å²) in [5, 5.41) is 0. The van der Waals surface area contributed by atoms with E-state index in [1.54, 1.807) is 0 Å². The van der Waals surface area contributed by atoms with Gasteiger partial charge >= 0.3 is 0 Å². The van der Waals surface area contributed by atoms with Crippen molar-refractivity contribution in [1.29, 1.82) is 0 Å². The van der Waals surface area contributed by atoms with Gasteiger partial charge in [0.2, 0.25) is 0 Å². The van der Waals surface area contributed by atoms with Gasteiger partial charge in [-0.3, -0.25) is 0 Å². The molecule has 1 fully saturated rings. The van der Waals surface area contributed by atoms with Crippen LogP contribution in [0.3, 0.4) is 0 Å². The third kappa shape index (κ3) is 5.03. The fourth-order valence-corrected chi connectivity index (χ4v) is 6.54. The molecule has 0 saturated carbocycles. The Bertz CT molecular complexity index is 1750. The van der Waals surface area contributed by atoms with Crippen LogP contribution in [0.25, 0.3) is 0 Å². The number of rotatable bonds is 9. The largest absolute Gasteiger partial charge is 0.370 e. The molecule has 218 valence electrons. The molecule has 3 heterocycles. The molecule has 0 N–H and O–H groups in total. The second-order valence-corrected chi connectivity index (χ2v) is 11.6. The maximum atomic E-state index is 5.71. The minimum atomic E-state index is -0.620. The first-order valence-electron chi connectivity index (χ1n) is 15.3. The molecule has 4 aromatic carbocycles. The summed E-state index contributed by atoms with van der Waals surface area (Å²) >= 11 is 0. The smallest absolute Gasteiger partial charge is 0.157 e. The number of hydrogen-bond donors (Lipinski definition) is 0. The van der Waals surface area contributed by atoms with Crippen molar-refractivity contribution in [3.63, 3.8) is 0 Å². The van der Waals surface area contributed by atoms with Crippen molar-refractivity contribution in [3.8, 4) is 0 Å². The van der Waals surface area contributed by atoms with E-state index in [-0.39, 0.29) is 12.0 Å². The summed E-state index contributed by atoms with van der Waals surface area (Å²) in [5.74, 6) is 0.775. The normalized spacial score (nSPS) is 15.5. The Labute approximate surface area is 259 Å². The van der Waals surface area contributed by atoms with Crippen molar-refractivity contribution in [2.75, 3.05) is 6.61 Å². The zero-order valence-electron chi connectivity index (χ0n) is 25.2. The first-order chi connectivity index (χ1) is 21.6. The van der Waals surface area contributed by atoms with Gasteiger partial charge in [-0.05, 0) is 53.3 Å². The maximum Gasteiger partial charge on any atom is 0.157 e. The van der Waals surface area contributed by atoms with E-state index in [4.69, 9.17) is 14.7 Å². The molecular formula is C39H36N4O. The van der Waals surface area contributed by atoms with E-state index in [9.17, 15) is 0 Å². The lowest BCUT2D eigenvalue weighted by atomic mass is 9.76. The summed E-state index contributed by atoms with van der Waals surface area (Å²) in [6.45, 7) is 5.16. The van der Waals surface area contributed by atoms with Crippen molar-refractivity contribution in [2.24, 2.45) is 0 Å². The van der Waals surface area contributed by atoms with E-state index in [1.807, 2.05) is 18.6 Å². The molecule has 2 unspecified atom stereocenters. The minimum absolute atomic E-state index is 0.00114. The van der Waals surface area contributed by atoms with Crippen LogP contribution in [-0.2, 0) is 16.7 Å². The number of benzene rings is 4. The lowest BCUT2D eigenvalue weighted by molar-refractivity contribution is -0.0581. The Hall–Kier alpha value is -4.87. The Morgan fingerprint density at radius 2 is 1.39 bits per heavy atom. The third-order valence-corrected chi connectivity index (χ3v) is 9.08. The van der Waals surface area contributed by atoms with Gasteiger partial charge in [0.15, 0.2) is 5.82 Å². The quantitative estimate of drug-likeness (QED) is 0.164. The average Bonchev–Trinajstić information content (AvgIpc) is 3.53. The second kappa shape index (κ2) is 12.0. The van der Waals surface area contributed by atoms with Gasteiger partial charge in [-0.1, -0.05) is 109 Å². The molecule has 1 aliphatic heterocycles. The van der Waals surface area contributed by atoms with Crippen molar-refractivity contribution in [3.05, 3.63) is 185 Å². The Morgan fingerprint density at radius 1 is 0.773 bits per heavy atom. The molecule has 44 heavy (non-hydrogen) atoms. The van der Waals surface area contributed by atoms with E-state index in [1.165, 1.54) is 33.4 Å². The summed E-state index contributed by atoms with van der Waals surface area (Å²) in [4.78, 5) is 14.7. The van der Waals surface area contributed by atoms with Crippen LogP contribution in [0, 0.1) is 13.8 Å². The molecule has 1 saturated heterocycles. The molecule has 0 spiro atoms. The van der Waals surface area contributed by atoms with Crippen molar-refractivity contribution >= 4 is 0 Å². The topological polar surface area (TPSA) is 52.8 Å². The van der Waals surface area contributed by atoms with Crippen LogP contribution in [0.5, 0.6) is 0 Å². The SMILES string of the molecule is Cc1cccc(C(Cc2ccnc(C3CCO3)n2)c2cn(C(c3ccccc3)(c3ccccc3)c3ccccc3)cn2)c1C. The zero-order chi connectivity index (χ0) is 29.9. The molecule has 7 rings (SSSR count). The zero-order valence-corrected chi connectivity index (χ0v) is 25.2. The van der Waals surface area contributed by atoms with Crippen LogP contribution in [0.15, 0.2) is 134 Å². The summed E-state index contributed by atoms with van der Waals surface area (Å²) in [5.41, 5.74) is 8.71. The third-order valence-electron chi connectivity index (χ3n) is 9.08. The standard InChI is InChI=1S/C39H36N4O/c1-28-13-12-20-34(29(28)2)35(25-33-21-23-40-38(42-33)37-22-24-44-37)36-26-43(27-41-36)39(30-14-6-3-7-15-30,31-16-8-4-9-17-31)32-18-10-5-11-19-32/h3-21,23,26-27,35,37H,22,24-25H2,1-2H3. The summed E-state index contributed by atoms with van der Waals surface area (Å²) < 4.78 is 8.01. The van der Waals surface area contributed by atoms with Crippen LogP contribution in [0.2, 0.25) is 0 Å². The number of aromatic nitrogens is 4.